The molecule has 0 aliphatic carbocycles. The van der Waals surface area contributed by atoms with Crippen molar-refractivity contribution in [2.75, 3.05) is 0 Å². The Morgan fingerprint density at radius 3 is 2.29 bits per heavy atom. The molecule has 0 spiro atoms. The molecule has 82 valence electrons. The van der Waals surface area contributed by atoms with Crippen LogP contribution in [0, 0.1) is 0 Å². The molecule has 5 nitrogen and oxygen atoms in total. The predicted octanol–water partition coefficient (Wildman–Crippen LogP) is 1.04. The molecule has 1 amide bonds. The van der Waals surface area contributed by atoms with Crippen molar-refractivity contribution in [3.05, 3.63) is 0 Å². The highest BCUT2D eigenvalue weighted by Gasteiger charge is 2.27. The van der Waals surface area contributed by atoms with Crippen LogP contribution < -0.4 is 0 Å². The van der Waals surface area contributed by atoms with E-state index < -0.39 is 17.6 Å². The summed E-state index contributed by atoms with van der Waals surface area (Å²) in [6.45, 7) is 6.93. The van der Waals surface area contributed by atoms with Crippen LogP contribution in [0.1, 0.15) is 34.1 Å². The second-order valence-electron chi connectivity index (χ2n) is 3.93. The highest BCUT2D eigenvalue weighted by atomic mass is 16.7. The lowest BCUT2D eigenvalue weighted by Gasteiger charge is -2.30. The molecule has 0 aromatic rings. The Labute approximate surface area is 83.6 Å². The van der Waals surface area contributed by atoms with E-state index in [1.54, 1.807) is 27.7 Å². The van der Waals surface area contributed by atoms with E-state index in [2.05, 4.69) is 0 Å². The van der Waals surface area contributed by atoms with E-state index in [1.807, 2.05) is 0 Å². The van der Waals surface area contributed by atoms with Gasteiger partial charge in [-0.25, -0.2) is 9.86 Å². The van der Waals surface area contributed by atoms with E-state index in [4.69, 9.17) is 9.94 Å². The molecule has 0 heterocycles. The summed E-state index contributed by atoms with van der Waals surface area (Å²) in [5.41, 5.74) is -0.580. The minimum absolute atomic E-state index is 0.310. The van der Waals surface area contributed by atoms with E-state index in [-0.39, 0.29) is 0 Å². The van der Waals surface area contributed by atoms with Crippen molar-refractivity contribution in [3.8, 4) is 0 Å². The minimum atomic E-state index is -1.07. The zero-order chi connectivity index (χ0) is 11.4. The first-order chi connectivity index (χ1) is 6.31. The average Bonchev–Trinajstić information content (AvgIpc) is 2.00. The molecule has 0 rings (SSSR count). The minimum Gasteiger partial charge on any atom is -0.480 e. The first-order valence-corrected chi connectivity index (χ1v) is 4.47. The monoisotopic (exact) mass is 203 g/mol. The Bertz CT molecular complexity index is 209. The summed E-state index contributed by atoms with van der Waals surface area (Å²) in [5.74, 6) is -1.07. The molecule has 0 aliphatic heterocycles. The van der Waals surface area contributed by atoms with Gasteiger partial charge in [-0.3, -0.25) is 9.63 Å². The molecule has 1 N–H and O–H groups in total. The van der Waals surface area contributed by atoms with Crippen molar-refractivity contribution in [1.82, 2.24) is 5.06 Å². The van der Waals surface area contributed by atoms with Crippen molar-refractivity contribution < 1.29 is 19.5 Å². The summed E-state index contributed by atoms with van der Waals surface area (Å²) in [6, 6.07) is -0.924. The summed E-state index contributed by atoms with van der Waals surface area (Å²) >= 11 is 0. The molecule has 0 aliphatic rings. The zero-order valence-corrected chi connectivity index (χ0v) is 8.98. The molecule has 0 bridgehead atoms. The molecule has 1 atom stereocenters. The lowest BCUT2D eigenvalue weighted by Crippen LogP contribution is -2.44. The highest BCUT2D eigenvalue weighted by molar-refractivity contribution is 5.75. The molecule has 0 radical (unpaired) electrons. The number of rotatable bonds is 5. The Balaban J connectivity index is 4.53. The molecule has 5 heteroatoms. The molecular weight excluding hydrogens is 186 g/mol. The summed E-state index contributed by atoms with van der Waals surface area (Å²) in [4.78, 5) is 26.5. The van der Waals surface area contributed by atoms with Crippen molar-refractivity contribution in [2.24, 2.45) is 0 Å². The van der Waals surface area contributed by atoms with Gasteiger partial charge in [0.1, 0.15) is 0 Å². The van der Waals surface area contributed by atoms with Gasteiger partial charge in [-0.15, -0.1) is 0 Å². The molecule has 1 unspecified atom stereocenters. The van der Waals surface area contributed by atoms with Crippen molar-refractivity contribution >= 4 is 12.4 Å². The second kappa shape index (κ2) is 4.95. The summed E-state index contributed by atoms with van der Waals surface area (Å²) in [7, 11) is 0. The van der Waals surface area contributed by atoms with Crippen LogP contribution in [0.4, 0.5) is 0 Å². The van der Waals surface area contributed by atoms with Gasteiger partial charge in [0.2, 0.25) is 6.41 Å². The third-order valence-corrected chi connectivity index (χ3v) is 1.46. The predicted molar refractivity (Wildman–Crippen MR) is 50.5 cm³/mol. The Morgan fingerprint density at radius 2 is 2.07 bits per heavy atom. The van der Waals surface area contributed by atoms with Crippen LogP contribution >= 0.6 is 0 Å². The van der Waals surface area contributed by atoms with Crippen LogP contribution in [0.2, 0.25) is 0 Å². The van der Waals surface area contributed by atoms with Gasteiger partial charge < -0.3 is 5.11 Å². The SMILES string of the molecule is CCC(C(=O)O)N(C=O)OC(C)(C)C. The van der Waals surface area contributed by atoms with Crippen LogP contribution in [0.25, 0.3) is 0 Å². The Hall–Kier alpha value is -1.10. The average molecular weight is 203 g/mol. The fourth-order valence-corrected chi connectivity index (χ4v) is 0.938. The number of nitrogens with zero attached hydrogens (tertiary/aromatic N) is 1. The van der Waals surface area contributed by atoms with Gasteiger partial charge in [0.05, 0.1) is 5.60 Å². The fourth-order valence-electron chi connectivity index (χ4n) is 0.938. The van der Waals surface area contributed by atoms with Crippen LogP contribution in [0.3, 0.4) is 0 Å². The molecular formula is C9H17NO4. The molecule has 14 heavy (non-hydrogen) atoms. The van der Waals surface area contributed by atoms with E-state index >= 15 is 0 Å². The Kier molecular flexibility index (Phi) is 4.56. The molecule has 0 saturated carbocycles. The zero-order valence-electron chi connectivity index (χ0n) is 8.98. The maximum Gasteiger partial charge on any atom is 0.329 e. The van der Waals surface area contributed by atoms with Crippen LogP contribution in [0.15, 0.2) is 0 Å². The second-order valence-corrected chi connectivity index (χ2v) is 3.93. The first kappa shape index (κ1) is 12.9. The van der Waals surface area contributed by atoms with E-state index in [9.17, 15) is 9.59 Å². The Morgan fingerprint density at radius 1 is 1.57 bits per heavy atom. The number of aliphatic carboxylic acids is 1. The third-order valence-electron chi connectivity index (χ3n) is 1.46. The summed E-state index contributed by atoms with van der Waals surface area (Å²) in [5, 5.41) is 9.64. The van der Waals surface area contributed by atoms with Gasteiger partial charge in [0, 0.05) is 0 Å². The number of hydroxylamine groups is 2. The third kappa shape index (κ3) is 4.23. The van der Waals surface area contributed by atoms with Gasteiger partial charge >= 0.3 is 5.97 Å². The maximum absolute atomic E-state index is 10.7. The number of carboxylic acid groups (broad SMARTS) is 1. The number of carbonyl (C=O) groups is 2. The smallest absolute Gasteiger partial charge is 0.329 e. The number of carboxylic acids is 1. The first-order valence-electron chi connectivity index (χ1n) is 4.47. The lowest BCUT2D eigenvalue weighted by atomic mass is 10.2. The van der Waals surface area contributed by atoms with Gasteiger partial charge in [-0.05, 0) is 27.2 Å². The largest absolute Gasteiger partial charge is 0.480 e. The van der Waals surface area contributed by atoms with Gasteiger partial charge in [0.25, 0.3) is 0 Å². The normalized spacial score (nSPS) is 13.4. The van der Waals surface area contributed by atoms with Gasteiger partial charge in [-0.2, -0.15) is 0 Å². The number of amides is 1. The van der Waals surface area contributed by atoms with Crippen molar-refractivity contribution in [1.29, 1.82) is 0 Å². The van der Waals surface area contributed by atoms with Crippen LogP contribution in [0.5, 0.6) is 0 Å². The van der Waals surface area contributed by atoms with Crippen LogP contribution in [-0.4, -0.2) is 34.2 Å². The van der Waals surface area contributed by atoms with E-state index in [0.29, 0.717) is 12.8 Å². The molecule has 0 fully saturated rings. The molecule has 0 aromatic carbocycles. The number of hydrogen-bond donors (Lipinski definition) is 1. The quantitative estimate of drug-likeness (QED) is 0.535. The molecule has 0 aromatic heterocycles. The standard InChI is InChI=1S/C9H17NO4/c1-5-7(8(12)13)10(6-11)14-9(2,3)4/h6-7H,5H2,1-4H3,(H,12,13). The summed E-state index contributed by atoms with van der Waals surface area (Å²) < 4.78 is 0. The topological polar surface area (TPSA) is 66.8 Å². The van der Waals surface area contributed by atoms with Crippen molar-refractivity contribution in [3.63, 3.8) is 0 Å². The summed E-state index contributed by atoms with van der Waals surface area (Å²) in [6.07, 6.45) is 0.706. The number of hydrogen-bond acceptors (Lipinski definition) is 3. The highest BCUT2D eigenvalue weighted by Crippen LogP contribution is 2.13. The van der Waals surface area contributed by atoms with E-state index in [0.717, 1.165) is 5.06 Å². The van der Waals surface area contributed by atoms with E-state index in [1.165, 1.54) is 0 Å². The fraction of sp³-hybridized carbons (Fsp3) is 0.778. The van der Waals surface area contributed by atoms with Gasteiger partial charge in [0.15, 0.2) is 6.04 Å². The maximum atomic E-state index is 10.7. The van der Waals surface area contributed by atoms with Crippen molar-refractivity contribution in [2.45, 2.75) is 45.8 Å². The lowest BCUT2D eigenvalue weighted by molar-refractivity contribution is -0.234. The van der Waals surface area contributed by atoms with Crippen LogP contribution in [-0.2, 0) is 14.4 Å². The number of carbonyl (C=O) groups excluding carboxylic acids is 1. The van der Waals surface area contributed by atoms with Gasteiger partial charge in [-0.1, -0.05) is 6.92 Å². The molecule has 0 saturated heterocycles.